The molecule has 0 bridgehead atoms. The second kappa shape index (κ2) is 13.1. The Morgan fingerprint density at radius 3 is 2.15 bits per heavy atom. The molecule has 256 valence electrons. The monoisotopic (exact) mass is 662 g/mol. The van der Waals surface area contributed by atoms with Crippen molar-refractivity contribution in [1.29, 1.82) is 0 Å². The molecule has 4 rings (SSSR count). The molecule has 3 aliphatic carbocycles. The minimum Gasteiger partial charge on any atom is -0.413 e. The zero-order valence-corrected chi connectivity index (χ0v) is 33.7. The van der Waals surface area contributed by atoms with Gasteiger partial charge in [-0.3, -0.25) is 0 Å². The summed E-state index contributed by atoms with van der Waals surface area (Å²) in [6.07, 6.45) is 15.2. The van der Waals surface area contributed by atoms with Crippen LogP contribution in [0.1, 0.15) is 118 Å². The van der Waals surface area contributed by atoms with Gasteiger partial charge in [0.15, 0.2) is 16.6 Å². The first-order valence-electron chi connectivity index (χ1n) is 17.9. The molecule has 4 atom stereocenters. The Morgan fingerprint density at radius 1 is 0.913 bits per heavy atom. The summed E-state index contributed by atoms with van der Waals surface area (Å²) in [6, 6.07) is 8.45. The van der Waals surface area contributed by atoms with Crippen molar-refractivity contribution >= 4 is 22.7 Å². The molecule has 3 nitrogen and oxygen atoms in total. The average molecular weight is 663 g/mol. The Morgan fingerprint density at radius 2 is 1.54 bits per heavy atom. The van der Waals surface area contributed by atoms with Gasteiger partial charge < -0.3 is 14.0 Å². The lowest BCUT2D eigenvalue weighted by atomic mass is 9.65. The predicted octanol–water partition coefficient (Wildman–Crippen LogP) is 11.9. The van der Waals surface area contributed by atoms with E-state index >= 15 is 0 Å². The fraction of sp³-hybridized carbons (Fsp3) is 0.659. The summed E-state index contributed by atoms with van der Waals surface area (Å²) >= 11 is 0. The van der Waals surface area contributed by atoms with Crippen molar-refractivity contribution in [2.24, 2.45) is 11.3 Å². The molecule has 0 heterocycles. The summed E-state index contributed by atoms with van der Waals surface area (Å²) in [6.45, 7) is 34.4. The van der Waals surface area contributed by atoms with E-state index in [1.54, 1.807) is 11.1 Å². The Balaban J connectivity index is 1.64. The van der Waals surface area contributed by atoms with Gasteiger partial charge in [-0.2, -0.15) is 0 Å². The van der Waals surface area contributed by atoms with Crippen LogP contribution in [-0.2, 0) is 14.5 Å². The number of fused-ring (bicyclic) bond motifs is 1. The van der Waals surface area contributed by atoms with E-state index in [0.717, 1.165) is 30.4 Å². The molecule has 46 heavy (non-hydrogen) atoms. The van der Waals surface area contributed by atoms with Crippen molar-refractivity contribution in [3.63, 3.8) is 0 Å². The maximum absolute atomic E-state index is 10.6. The van der Waals surface area contributed by atoms with Crippen molar-refractivity contribution in [3.05, 3.63) is 76.4 Å². The molecule has 0 amide bonds. The highest BCUT2D eigenvalue weighted by Crippen LogP contribution is 2.57. The van der Waals surface area contributed by atoms with E-state index in [-0.39, 0.29) is 27.7 Å². The van der Waals surface area contributed by atoms with Crippen LogP contribution in [0, 0.1) is 11.3 Å². The summed E-state index contributed by atoms with van der Waals surface area (Å²) in [5.74, 6) is 0.567. The van der Waals surface area contributed by atoms with Crippen molar-refractivity contribution in [2.45, 2.75) is 161 Å². The fourth-order valence-corrected chi connectivity index (χ4v) is 9.97. The minimum atomic E-state index is -1.99. The first-order chi connectivity index (χ1) is 20.9. The molecular weight excluding hydrogens is 597 g/mol. The van der Waals surface area contributed by atoms with Gasteiger partial charge in [-0.1, -0.05) is 103 Å². The summed E-state index contributed by atoms with van der Waals surface area (Å²) in [7, 11) is -3.94. The van der Waals surface area contributed by atoms with Gasteiger partial charge in [0.25, 0.3) is 0 Å². The molecule has 3 aliphatic rings. The topological polar surface area (TPSA) is 38.7 Å². The van der Waals surface area contributed by atoms with Gasteiger partial charge in [0.2, 0.25) is 0 Å². The van der Waals surface area contributed by atoms with Crippen molar-refractivity contribution in [2.75, 3.05) is 0 Å². The van der Waals surface area contributed by atoms with Gasteiger partial charge in [-0.05, 0) is 128 Å². The standard InChI is InChI=1S/C41H66O3Si2/c1-29-32(27-35(43-45(11,12)38(2,3)4)28-37(29)44-46(13,14)39(5,6)7)21-20-31-18-16-24-41(10)34(22-23-36(31)41)26-30-17-15-19-33(25-30)40(8,9)42/h15,17,19-21,25-26,35-37,42H,1,16,18,22-24,27-28H2,2-14H3/b31-20+,32-21-,34-26+/t35-,36+,37+,41-/m1/s1. The molecule has 3 saturated carbocycles. The highest BCUT2D eigenvalue weighted by atomic mass is 28.4. The molecule has 1 aromatic carbocycles. The second-order valence-corrected chi connectivity index (χ2v) is 28.0. The van der Waals surface area contributed by atoms with E-state index in [4.69, 9.17) is 8.85 Å². The summed E-state index contributed by atoms with van der Waals surface area (Å²) < 4.78 is 14.2. The van der Waals surface area contributed by atoms with E-state index in [9.17, 15) is 5.11 Å². The quantitative estimate of drug-likeness (QED) is 0.295. The normalized spacial score (nSPS) is 29.6. The van der Waals surface area contributed by atoms with Gasteiger partial charge in [-0.25, -0.2) is 0 Å². The zero-order chi connectivity index (χ0) is 34.5. The first-order valence-corrected chi connectivity index (χ1v) is 23.7. The third kappa shape index (κ3) is 8.02. The Bertz CT molecular complexity index is 1380. The van der Waals surface area contributed by atoms with Crippen molar-refractivity contribution in [1.82, 2.24) is 0 Å². The van der Waals surface area contributed by atoms with Gasteiger partial charge in [0.05, 0.1) is 17.8 Å². The SMILES string of the molecule is C=C1/C(=C\C=C2/CCC[C@]3(C)/C(=C/c4cccc(C(C)(C)O)c4)CC[C@@H]23)C[C@@H](O[Si](C)(C)C(C)(C)C)C[C@@H]1O[Si](C)(C)C(C)(C)C. The van der Waals surface area contributed by atoms with Crippen LogP contribution in [0.5, 0.6) is 0 Å². The number of hydrogen-bond acceptors (Lipinski definition) is 3. The second-order valence-electron chi connectivity index (χ2n) is 18.5. The van der Waals surface area contributed by atoms with Crippen molar-refractivity contribution < 1.29 is 14.0 Å². The predicted molar refractivity (Wildman–Crippen MR) is 203 cm³/mol. The minimum absolute atomic E-state index is 0.00589. The third-order valence-electron chi connectivity index (χ3n) is 12.5. The lowest BCUT2D eigenvalue weighted by molar-refractivity contribution is 0.0785. The van der Waals surface area contributed by atoms with E-state index in [1.165, 1.54) is 36.8 Å². The summed E-state index contributed by atoms with van der Waals surface area (Å²) in [4.78, 5) is 0. The molecule has 1 aromatic rings. The maximum atomic E-state index is 10.6. The lowest BCUT2D eigenvalue weighted by Crippen LogP contribution is -2.49. The molecule has 0 radical (unpaired) electrons. The van der Waals surface area contributed by atoms with E-state index in [1.807, 2.05) is 19.9 Å². The lowest BCUT2D eigenvalue weighted by Gasteiger charge is -2.45. The molecule has 0 saturated heterocycles. The van der Waals surface area contributed by atoms with E-state index < -0.39 is 22.2 Å². The van der Waals surface area contributed by atoms with Crippen LogP contribution in [-0.4, -0.2) is 33.9 Å². The number of benzene rings is 1. The van der Waals surface area contributed by atoms with Crippen LogP contribution in [0.4, 0.5) is 0 Å². The fourth-order valence-electron chi connectivity index (χ4n) is 7.30. The van der Waals surface area contributed by atoms with E-state index in [0.29, 0.717) is 5.92 Å². The van der Waals surface area contributed by atoms with Crippen LogP contribution in [0.15, 0.2) is 65.3 Å². The van der Waals surface area contributed by atoms with Crippen LogP contribution >= 0.6 is 0 Å². The van der Waals surface area contributed by atoms with Gasteiger partial charge in [-0.15, -0.1) is 0 Å². The molecule has 0 aliphatic heterocycles. The number of hydrogen-bond donors (Lipinski definition) is 1. The Hall–Kier alpha value is -1.51. The van der Waals surface area contributed by atoms with Gasteiger partial charge in [0, 0.05) is 6.42 Å². The largest absolute Gasteiger partial charge is 0.413 e. The molecule has 5 heteroatoms. The Labute approximate surface area is 284 Å². The molecule has 0 spiro atoms. The highest BCUT2D eigenvalue weighted by molar-refractivity contribution is 6.74. The smallest absolute Gasteiger partial charge is 0.192 e. The molecular formula is C41H66O3Si2. The molecule has 0 aromatic heterocycles. The van der Waals surface area contributed by atoms with Crippen LogP contribution in [0.2, 0.25) is 36.3 Å². The van der Waals surface area contributed by atoms with Crippen LogP contribution in [0.25, 0.3) is 6.08 Å². The number of allylic oxidation sites excluding steroid dienone is 4. The first kappa shape index (κ1) is 37.3. The maximum Gasteiger partial charge on any atom is 0.192 e. The van der Waals surface area contributed by atoms with Gasteiger partial charge in [0.1, 0.15) is 0 Å². The summed E-state index contributed by atoms with van der Waals surface area (Å²) in [5, 5.41) is 10.9. The molecule has 0 unspecified atom stereocenters. The van der Waals surface area contributed by atoms with Crippen molar-refractivity contribution in [3.8, 4) is 0 Å². The molecule has 3 fully saturated rings. The number of aliphatic hydroxyl groups is 1. The van der Waals surface area contributed by atoms with Crippen LogP contribution in [0.3, 0.4) is 0 Å². The molecule has 1 N–H and O–H groups in total. The van der Waals surface area contributed by atoms with Gasteiger partial charge >= 0.3 is 0 Å². The van der Waals surface area contributed by atoms with E-state index in [2.05, 4.69) is 118 Å². The third-order valence-corrected chi connectivity index (χ3v) is 21.5. The summed E-state index contributed by atoms with van der Waals surface area (Å²) in [5.41, 5.74) is 7.15. The zero-order valence-electron chi connectivity index (χ0n) is 31.7. The van der Waals surface area contributed by atoms with Crippen LogP contribution < -0.4 is 0 Å². The number of rotatable bonds is 7. The highest BCUT2D eigenvalue weighted by Gasteiger charge is 2.47. The Kier molecular flexibility index (Phi) is 10.6. The average Bonchev–Trinajstić information content (AvgIpc) is 3.24.